The number of rotatable bonds is 4. The van der Waals surface area contributed by atoms with Gasteiger partial charge in [-0.1, -0.05) is 24.3 Å². The van der Waals surface area contributed by atoms with Crippen molar-refractivity contribution in [3.63, 3.8) is 0 Å². The van der Waals surface area contributed by atoms with E-state index >= 15 is 0 Å². The van der Waals surface area contributed by atoms with Crippen LogP contribution in [-0.2, 0) is 6.54 Å². The van der Waals surface area contributed by atoms with Gasteiger partial charge in [-0.25, -0.2) is 14.4 Å². The fraction of sp³-hybridized carbons (Fsp3) is 0.0526. The minimum absolute atomic E-state index is 0.244. The van der Waals surface area contributed by atoms with Gasteiger partial charge in [0.2, 0.25) is 0 Å². The van der Waals surface area contributed by atoms with Crippen LogP contribution >= 0.6 is 0 Å². The van der Waals surface area contributed by atoms with Crippen molar-refractivity contribution < 1.29 is 8.81 Å². The molecule has 24 heavy (non-hydrogen) atoms. The largest absolute Gasteiger partial charge is 0.461 e. The highest BCUT2D eigenvalue weighted by molar-refractivity contribution is 5.90. The lowest BCUT2D eigenvalue weighted by atomic mass is 10.2. The Morgan fingerprint density at radius 2 is 1.75 bits per heavy atom. The van der Waals surface area contributed by atoms with Crippen LogP contribution in [0.4, 0.5) is 10.2 Å². The molecule has 0 aliphatic rings. The summed E-state index contributed by atoms with van der Waals surface area (Å²) in [5, 5.41) is 4.24. The summed E-state index contributed by atoms with van der Waals surface area (Å²) in [6.07, 6.45) is 1.60. The molecule has 1 N–H and O–H groups in total. The Hall–Kier alpha value is -3.21. The maximum atomic E-state index is 13.0. The molecular weight excluding hydrogens is 305 g/mol. The minimum atomic E-state index is -0.244. The highest BCUT2D eigenvalue weighted by atomic mass is 19.1. The third-order valence-corrected chi connectivity index (χ3v) is 3.72. The number of fused-ring (bicyclic) bond motifs is 1. The van der Waals surface area contributed by atoms with E-state index < -0.39 is 0 Å². The van der Waals surface area contributed by atoms with Crippen molar-refractivity contribution in [1.82, 2.24) is 9.97 Å². The van der Waals surface area contributed by atoms with Crippen molar-refractivity contribution in [2.75, 3.05) is 5.32 Å². The van der Waals surface area contributed by atoms with Gasteiger partial charge in [0.1, 0.15) is 11.6 Å². The van der Waals surface area contributed by atoms with Crippen LogP contribution in [0.3, 0.4) is 0 Å². The molecule has 5 heteroatoms. The van der Waals surface area contributed by atoms with E-state index in [-0.39, 0.29) is 5.82 Å². The molecule has 118 valence electrons. The number of furan rings is 1. The predicted octanol–water partition coefficient (Wildman–Crippen LogP) is 4.64. The highest BCUT2D eigenvalue weighted by Crippen LogP contribution is 2.25. The van der Waals surface area contributed by atoms with Crippen molar-refractivity contribution in [2.24, 2.45) is 0 Å². The van der Waals surface area contributed by atoms with Gasteiger partial charge >= 0.3 is 0 Å². The number of hydrogen-bond donors (Lipinski definition) is 1. The number of para-hydroxylation sites is 1. The van der Waals surface area contributed by atoms with Crippen molar-refractivity contribution in [2.45, 2.75) is 6.54 Å². The Labute approximate surface area is 138 Å². The Kier molecular flexibility index (Phi) is 3.67. The first kappa shape index (κ1) is 14.4. The number of hydrogen-bond acceptors (Lipinski definition) is 4. The van der Waals surface area contributed by atoms with Gasteiger partial charge in [-0.15, -0.1) is 0 Å². The molecule has 2 aromatic heterocycles. The monoisotopic (exact) mass is 319 g/mol. The van der Waals surface area contributed by atoms with Crippen LogP contribution in [0, 0.1) is 5.82 Å². The van der Waals surface area contributed by atoms with E-state index in [2.05, 4.69) is 15.3 Å². The molecule has 0 saturated heterocycles. The van der Waals surface area contributed by atoms with Crippen molar-refractivity contribution in [3.8, 4) is 11.6 Å². The lowest BCUT2D eigenvalue weighted by Crippen LogP contribution is -2.04. The lowest BCUT2D eigenvalue weighted by Gasteiger charge is -2.10. The Morgan fingerprint density at radius 1 is 0.917 bits per heavy atom. The number of benzene rings is 2. The molecule has 0 unspecified atom stereocenters. The molecule has 0 atom stereocenters. The van der Waals surface area contributed by atoms with Crippen LogP contribution in [0.15, 0.2) is 71.3 Å². The lowest BCUT2D eigenvalue weighted by molar-refractivity contribution is 0.577. The van der Waals surface area contributed by atoms with Crippen LogP contribution in [0.2, 0.25) is 0 Å². The molecule has 2 heterocycles. The first-order valence-corrected chi connectivity index (χ1v) is 7.58. The summed E-state index contributed by atoms with van der Waals surface area (Å²) < 4.78 is 18.4. The summed E-state index contributed by atoms with van der Waals surface area (Å²) in [4.78, 5) is 9.14. The van der Waals surface area contributed by atoms with Crippen LogP contribution in [0.25, 0.3) is 22.5 Å². The molecule has 0 bridgehead atoms. The van der Waals surface area contributed by atoms with Crippen LogP contribution in [0.1, 0.15) is 5.56 Å². The summed E-state index contributed by atoms with van der Waals surface area (Å²) in [5.74, 6) is 1.62. The highest BCUT2D eigenvalue weighted by Gasteiger charge is 2.10. The average Bonchev–Trinajstić information content (AvgIpc) is 3.15. The van der Waals surface area contributed by atoms with E-state index in [4.69, 9.17) is 4.42 Å². The van der Waals surface area contributed by atoms with Crippen molar-refractivity contribution in [3.05, 3.63) is 78.3 Å². The number of aromatic nitrogens is 2. The van der Waals surface area contributed by atoms with Gasteiger partial charge in [-0.3, -0.25) is 0 Å². The van der Waals surface area contributed by atoms with Gasteiger partial charge in [0.05, 0.1) is 11.8 Å². The summed E-state index contributed by atoms with van der Waals surface area (Å²) in [5.41, 5.74) is 1.80. The molecule has 0 spiro atoms. The van der Waals surface area contributed by atoms with E-state index in [1.807, 2.05) is 30.3 Å². The van der Waals surface area contributed by atoms with Crippen molar-refractivity contribution >= 4 is 16.7 Å². The van der Waals surface area contributed by atoms with E-state index in [9.17, 15) is 4.39 Å². The molecule has 0 amide bonds. The van der Waals surface area contributed by atoms with E-state index in [0.29, 0.717) is 18.1 Å². The molecule has 4 nitrogen and oxygen atoms in total. The zero-order chi connectivity index (χ0) is 16.4. The minimum Gasteiger partial charge on any atom is -0.461 e. The summed E-state index contributed by atoms with van der Waals surface area (Å²) in [6, 6.07) is 17.8. The third kappa shape index (κ3) is 2.84. The zero-order valence-electron chi connectivity index (χ0n) is 12.7. The smallest absolute Gasteiger partial charge is 0.198 e. The molecule has 0 aliphatic carbocycles. The summed E-state index contributed by atoms with van der Waals surface area (Å²) in [6.45, 7) is 0.541. The van der Waals surface area contributed by atoms with Gasteiger partial charge in [0, 0.05) is 11.9 Å². The van der Waals surface area contributed by atoms with Crippen LogP contribution < -0.4 is 5.32 Å². The van der Waals surface area contributed by atoms with Gasteiger partial charge in [-0.2, -0.15) is 0 Å². The first-order chi connectivity index (χ1) is 11.8. The maximum absolute atomic E-state index is 13.0. The quantitative estimate of drug-likeness (QED) is 0.595. The standard InChI is InChI=1S/C19H14FN3O/c20-14-9-7-13(8-10-14)12-21-18-15-4-1-2-5-16(15)22-19(23-18)17-6-3-11-24-17/h1-11H,12H2,(H,21,22,23). The summed E-state index contributed by atoms with van der Waals surface area (Å²) in [7, 11) is 0. The van der Waals surface area contributed by atoms with Gasteiger partial charge in [-0.05, 0) is 42.0 Å². The van der Waals surface area contributed by atoms with Gasteiger partial charge < -0.3 is 9.73 Å². The number of halogens is 1. The van der Waals surface area contributed by atoms with Gasteiger partial charge in [0.25, 0.3) is 0 Å². The van der Waals surface area contributed by atoms with E-state index in [1.165, 1.54) is 12.1 Å². The molecule has 2 aromatic carbocycles. The fourth-order valence-corrected chi connectivity index (χ4v) is 2.52. The number of nitrogens with zero attached hydrogens (tertiary/aromatic N) is 2. The number of anilines is 1. The second-order valence-electron chi connectivity index (χ2n) is 5.37. The first-order valence-electron chi connectivity index (χ1n) is 7.58. The van der Waals surface area contributed by atoms with E-state index in [1.54, 1.807) is 24.5 Å². The number of nitrogens with one attached hydrogen (secondary N) is 1. The third-order valence-electron chi connectivity index (χ3n) is 3.72. The maximum Gasteiger partial charge on any atom is 0.198 e. The topological polar surface area (TPSA) is 51.0 Å². The van der Waals surface area contributed by atoms with Gasteiger partial charge in [0.15, 0.2) is 11.6 Å². The molecule has 0 aliphatic heterocycles. The van der Waals surface area contributed by atoms with Crippen molar-refractivity contribution in [1.29, 1.82) is 0 Å². The Bertz CT molecular complexity index is 966. The molecule has 0 fully saturated rings. The second kappa shape index (κ2) is 6.12. The predicted molar refractivity (Wildman–Crippen MR) is 91.0 cm³/mol. The molecular formula is C19H14FN3O. The average molecular weight is 319 g/mol. The molecule has 0 saturated carbocycles. The summed E-state index contributed by atoms with van der Waals surface area (Å²) >= 11 is 0. The molecule has 4 rings (SSSR count). The fourth-order valence-electron chi connectivity index (χ4n) is 2.52. The Balaban J connectivity index is 1.71. The SMILES string of the molecule is Fc1ccc(CNc2nc(-c3ccco3)nc3ccccc23)cc1. The second-order valence-corrected chi connectivity index (χ2v) is 5.37. The van der Waals surface area contributed by atoms with Crippen LogP contribution in [-0.4, -0.2) is 9.97 Å². The normalized spacial score (nSPS) is 10.9. The Morgan fingerprint density at radius 3 is 2.54 bits per heavy atom. The van der Waals surface area contributed by atoms with Crippen LogP contribution in [0.5, 0.6) is 0 Å². The molecule has 0 radical (unpaired) electrons. The van der Waals surface area contributed by atoms with E-state index in [0.717, 1.165) is 22.3 Å². The molecule has 4 aromatic rings. The zero-order valence-corrected chi connectivity index (χ0v) is 12.7.